The van der Waals surface area contributed by atoms with E-state index >= 15 is 0 Å². The van der Waals surface area contributed by atoms with Crippen LogP contribution in [-0.4, -0.2) is 36.2 Å². The highest BCUT2D eigenvalue weighted by Crippen LogP contribution is 2.32. The minimum Gasteiger partial charge on any atom is -0.487 e. The van der Waals surface area contributed by atoms with Crippen molar-refractivity contribution in [3.8, 4) is 5.75 Å². The second kappa shape index (κ2) is 10.4. The summed E-state index contributed by atoms with van der Waals surface area (Å²) in [4.78, 5) is 38.7. The summed E-state index contributed by atoms with van der Waals surface area (Å²) in [6.45, 7) is 2.63. The molecule has 0 fully saturated rings. The number of hydrogen-bond donors (Lipinski definition) is 1. The molecule has 2 heterocycles. The molecular formula is C27H28N2O5. The second-order valence-electron chi connectivity index (χ2n) is 8.27. The smallest absolute Gasteiger partial charge is 0.343 e. The minimum atomic E-state index is -0.758. The Balaban J connectivity index is 1.81. The number of amides is 1. The van der Waals surface area contributed by atoms with Crippen molar-refractivity contribution in [1.82, 2.24) is 9.88 Å². The van der Waals surface area contributed by atoms with Crippen LogP contribution in [0.15, 0.2) is 71.7 Å². The van der Waals surface area contributed by atoms with Gasteiger partial charge < -0.3 is 19.4 Å². The molecule has 34 heavy (non-hydrogen) atoms. The van der Waals surface area contributed by atoms with Gasteiger partial charge in [0.25, 0.3) is 5.91 Å². The summed E-state index contributed by atoms with van der Waals surface area (Å²) in [5.74, 6) is -1.41. The van der Waals surface area contributed by atoms with E-state index in [0.29, 0.717) is 6.54 Å². The maximum absolute atomic E-state index is 13.4. The lowest BCUT2D eigenvalue weighted by molar-refractivity contribution is 0.0595. The van der Waals surface area contributed by atoms with Crippen LogP contribution in [-0.2, 0) is 11.3 Å². The highest BCUT2D eigenvalue weighted by molar-refractivity contribution is 5.98. The van der Waals surface area contributed by atoms with E-state index in [2.05, 4.69) is 5.32 Å². The molecule has 0 unspecified atom stereocenters. The van der Waals surface area contributed by atoms with Crippen molar-refractivity contribution in [2.75, 3.05) is 13.7 Å². The van der Waals surface area contributed by atoms with Crippen LogP contribution >= 0.6 is 0 Å². The van der Waals surface area contributed by atoms with Gasteiger partial charge in [0.05, 0.1) is 19.8 Å². The standard InChI is InChI=1S/C27H28N2O5/c1-3-4-15-34-25-23-26(31)28-21(17-29(23)16-20(24(25)30)27(32)33-2)22(18-11-7-5-8-12-18)19-13-9-6-10-14-19/h5-14,16,21-22H,3-4,15,17H2,1-2H3,(H,28,31)/t21-/m0/s1. The third-order valence-electron chi connectivity index (χ3n) is 6.03. The summed E-state index contributed by atoms with van der Waals surface area (Å²) >= 11 is 0. The van der Waals surface area contributed by atoms with Crippen molar-refractivity contribution in [2.45, 2.75) is 38.3 Å². The first-order valence-corrected chi connectivity index (χ1v) is 11.4. The lowest BCUT2D eigenvalue weighted by atomic mass is 9.84. The lowest BCUT2D eigenvalue weighted by Gasteiger charge is -2.34. The van der Waals surface area contributed by atoms with Gasteiger partial charge in [-0.25, -0.2) is 4.79 Å². The van der Waals surface area contributed by atoms with Crippen LogP contribution in [0.4, 0.5) is 0 Å². The number of pyridine rings is 1. The van der Waals surface area contributed by atoms with Gasteiger partial charge in [0.15, 0.2) is 11.4 Å². The largest absolute Gasteiger partial charge is 0.487 e. The molecule has 0 aliphatic carbocycles. The van der Waals surface area contributed by atoms with Crippen molar-refractivity contribution in [3.63, 3.8) is 0 Å². The van der Waals surface area contributed by atoms with Crippen molar-refractivity contribution in [1.29, 1.82) is 0 Å². The van der Waals surface area contributed by atoms with E-state index in [4.69, 9.17) is 9.47 Å². The molecular weight excluding hydrogens is 432 g/mol. The van der Waals surface area contributed by atoms with E-state index < -0.39 is 17.3 Å². The number of ether oxygens (including phenoxy) is 2. The summed E-state index contributed by atoms with van der Waals surface area (Å²) < 4.78 is 12.2. The summed E-state index contributed by atoms with van der Waals surface area (Å²) in [7, 11) is 1.22. The number of esters is 1. The molecule has 1 atom stereocenters. The first kappa shape index (κ1) is 23.3. The maximum Gasteiger partial charge on any atom is 0.343 e. The van der Waals surface area contributed by atoms with Crippen LogP contribution in [0.1, 0.15) is 57.7 Å². The van der Waals surface area contributed by atoms with E-state index in [1.165, 1.54) is 13.3 Å². The summed E-state index contributed by atoms with van der Waals surface area (Å²) in [6, 6.07) is 19.6. The SMILES string of the molecule is CCCCOc1c2n(cc(C(=O)OC)c1=O)C[C@@H](C(c1ccccc1)c1ccccc1)NC2=O. The van der Waals surface area contributed by atoms with Gasteiger partial charge in [-0.3, -0.25) is 9.59 Å². The Morgan fingerprint density at radius 3 is 2.24 bits per heavy atom. The van der Waals surface area contributed by atoms with Gasteiger partial charge in [0.2, 0.25) is 5.43 Å². The van der Waals surface area contributed by atoms with Crippen LogP contribution in [0.2, 0.25) is 0 Å². The second-order valence-corrected chi connectivity index (χ2v) is 8.27. The van der Waals surface area contributed by atoms with Crippen LogP contribution in [0, 0.1) is 0 Å². The number of aromatic nitrogens is 1. The number of methoxy groups -OCH3 is 1. The maximum atomic E-state index is 13.4. The molecule has 1 N–H and O–H groups in total. The van der Waals surface area contributed by atoms with Crippen LogP contribution < -0.4 is 15.5 Å². The van der Waals surface area contributed by atoms with Crippen molar-refractivity contribution in [2.24, 2.45) is 0 Å². The van der Waals surface area contributed by atoms with E-state index in [1.807, 2.05) is 67.6 Å². The predicted molar refractivity (Wildman–Crippen MR) is 128 cm³/mol. The quantitative estimate of drug-likeness (QED) is 0.409. The molecule has 0 saturated carbocycles. The number of rotatable bonds is 8. The number of hydrogen-bond acceptors (Lipinski definition) is 5. The van der Waals surface area contributed by atoms with Gasteiger partial charge >= 0.3 is 5.97 Å². The fourth-order valence-electron chi connectivity index (χ4n) is 4.39. The molecule has 1 amide bonds. The fraction of sp³-hybridized carbons (Fsp3) is 0.296. The zero-order valence-corrected chi connectivity index (χ0v) is 19.3. The molecule has 2 aromatic carbocycles. The third kappa shape index (κ3) is 4.59. The van der Waals surface area contributed by atoms with E-state index in [1.54, 1.807) is 4.57 Å². The van der Waals surface area contributed by atoms with Crippen molar-refractivity contribution < 1.29 is 19.1 Å². The molecule has 1 aliphatic heterocycles. The first-order valence-electron chi connectivity index (χ1n) is 11.4. The molecule has 0 saturated heterocycles. The average molecular weight is 461 g/mol. The van der Waals surface area contributed by atoms with Gasteiger partial charge in [0, 0.05) is 18.7 Å². The molecule has 7 nitrogen and oxygen atoms in total. The number of fused-ring (bicyclic) bond motifs is 1. The number of unbranched alkanes of at least 4 members (excludes halogenated alkanes) is 1. The Kier molecular flexibility index (Phi) is 7.11. The molecule has 4 rings (SSSR count). The summed E-state index contributed by atoms with van der Waals surface area (Å²) in [5.41, 5.74) is 1.45. The zero-order chi connectivity index (χ0) is 24.1. The van der Waals surface area contributed by atoms with Crippen LogP contribution in [0.5, 0.6) is 5.75 Å². The summed E-state index contributed by atoms with van der Waals surface area (Å²) in [5, 5.41) is 3.10. The molecule has 1 aromatic heterocycles. The van der Waals surface area contributed by atoms with E-state index in [0.717, 1.165) is 24.0 Å². The average Bonchev–Trinajstić information content (AvgIpc) is 2.86. The molecule has 0 radical (unpaired) electrons. The highest BCUT2D eigenvalue weighted by atomic mass is 16.5. The molecule has 176 valence electrons. The van der Waals surface area contributed by atoms with Gasteiger partial charge in [-0.15, -0.1) is 0 Å². The zero-order valence-electron chi connectivity index (χ0n) is 19.3. The Morgan fingerprint density at radius 2 is 1.68 bits per heavy atom. The van der Waals surface area contributed by atoms with Crippen LogP contribution in [0.3, 0.4) is 0 Å². The Morgan fingerprint density at radius 1 is 1.06 bits per heavy atom. The Labute approximate surface area is 198 Å². The topological polar surface area (TPSA) is 86.6 Å². The number of carbonyl (C=O) groups is 2. The predicted octanol–water partition coefficient (Wildman–Crippen LogP) is 3.76. The van der Waals surface area contributed by atoms with Crippen molar-refractivity contribution >= 4 is 11.9 Å². The highest BCUT2D eigenvalue weighted by Gasteiger charge is 2.35. The molecule has 3 aromatic rings. The first-order chi connectivity index (χ1) is 16.5. The number of nitrogens with one attached hydrogen (secondary N) is 1. The summed E-state index contributed by atoms with van der Waals surface area (Å²) in [6.07, 6.45) is 2.99. The van der Waals surface area contributed by atoms with E-state index in [-0.39, 0.29) is 35.6 Å². The monoisotopic (exact) mass is 460 g/mol. The van der Waals surface area contributed by atoms with Crippen LogP contribution in [0.25, 0.3) is 0 Å². The van der Waals surface area contributed by atoms with E-state index in [9.17, 15) is 14.4 Å². The fourth-order valence-corrected chi connectivity index (χ4v) is 4.39. The molecule has 0 bridgehead atoms. The number of nitrogens with zero attached hydrogens (tertiary/aromatic N) is 1. The third-order valence-corrected chi connectivity index (χ3v) is 6.03. The minimum absolute atomic E-state index is 0.108. The number of benzene rings is 2. The molecule has 0 spiro atoms. The Bertz CT molecular complexity index is 1180. The van der Waals surface area contributed by atoms with Gasteiger partial charge in [-0.05, 0) is 17.5 Å². The number of carbonyl (C=O) groups excluding carboxylic acids is 2. The molecule has 1 aliphatic rings. The Hall–Kier alpha value is -3.87. The van der Waals surface area contributed by atoms with Gasteiger partial charge in [-0.1, -0.05) is 74.0 Å². The lowest BCUT2D eigenvalue weighted by Crippen LogP contribution is -2.49. The normalized spacial score (nSPS) is 14.9. The molecule has 7 heteroatoms. The van der Waals surface area contributed by atoms with Crippen molar-refractivity contribution in [3.05, 3.63) is 99.5 Å². The van der Waals surface area contributed by atoms with Gasteiger partial charge in [-0.2, -0.15) is 0 Å². The van der Waals surface area contributed by atoms with Gasteiger partial charge in [0.1, 0.15) is 5.56 Å².